The molecule has 2 unspecified atom stereocenters. The van der Waals surface area contributed by atoms with Crippen LogP contribution in [0, 0.1) is 0 Å². The third-order valence-electron chi connectivity index (χ3n) is 3.87. The highest BCUT2D eigenvalue weighted by molar-refractivity contribution is 7.89. The van der Waals surface area contributed by atoms with Crippen LogP contribution in [0.1, 0.15) is 57.3 Å². The predicted octanol–water partition coefficient (Wildman–Crippen LogP) is 1.78. The maximum atomic E-state index is 11.5. The van der Waals surface area contributed by atoms with Gasteiger partial charge in [-0.05, 0) is 25.7 Å². The molecule has 2 atom stereocenters. The minimum atomic E-state index is -3.76. The molecule has 1 heterocycles. The zero-order valence-electron chi connectivity index (χ0n) is 12.2. The lowest BCUT2D eigenvalue weighted by Gasteiger charge is -2.30. The highest BCUT2D eigenvalue weighted by Crippen LogP contribution is 2.33. The van der Waals surface area contributed by atoms with E-state index in [0.717, 1.165) is 31.5 Å². The van der Waals surface area contributed by atoms with Gasteiger partial charge in [0.05, 0.1) is 6.10 Å². The summed E-state index contributed by atoms with van der Waals surface area (Å²) in [5.74, 6) is 0.921. The van der Waals surface area contributed by atoms with E-state index in [1.54, 1.807) is 13.3 Å². The Hall–Kier alpha value is -0.920. The van der Waals surface area contributed by atoms with E-state index in [2.05, 4.69) is 4.98 Å². The molecule has 7 heteroatoms. The number of aromatic nitrogens is 2. The van der Waals surface area contributed by atoms with E-state index in [4.69, 9.17) is 9.88 Å². The lowest BCUT2D eigenvalue weighted by atomic mass is 9.92. The minimum absolute atomic E-state index is 0.0410. The first-order valence-electron chi connectivity index (χ1n) is 6.97. The van der Waals surface area contributed by atoms with Gasteiger partial charge < -0.3 is 9.30 Å². The second kappa shape index (κ2) is 5.83. The molecule has 0 aromatic carbocycles. The summed E-state index contributed by atoms with van der Waals surface area (Å²) in [4.78, 5) is 4.22. The Labute approximate surface area is 120 Å². The van der Waals surface area contributed by atoms with Gasteiger partial charge in [-0.25, -0.2) is 18.5 Å². The number of imidazole rings is 1. The average molecular weight is 301 g/mol. The molecule has 0 radical (unpaired) electrons. The molecule has 1 fully saturated rings. The van der Waals surface area contributed by atoms with Crippen LogP contribution < -0.4 is 5.14 Å². The van der Waals surface area contributed by atoms with Crippen LogP contribution in [0.3, 0.4) is 0 Å². The van der Waals surface area contributed by atoms with E-state index >= 15 is 0 Å². The number of sulfonamides is 1. The molecule has 1 aliphatic rings. The van der Waals surface area contributed by atoms with Crippen LogP contribution in [0.4, 0.5) is 0 Å². The first-order valence-corrected chi connectivity index (χ1v) is 8.52. The molecule has 0 aliphatic heterocycles. The van der Waals surface area contributed by atoms with E-state index in [-0.39, 0.29) is 23.1 Å². The maximum absolute atomic E-state index is 11.5. The zero-order chi connectivity index (χ0) is 14.9. The monoisotopic (exact) mass is 301 g/mol. The summed E-state index contributed by atoms with van der Waals surface area (Å²) in [5, 5.41) is 5.15. The van der Waals surface area contributed by atoms with Crippen molar-refractivity contribution in [2.45, 2.75) is 62.6 Å². The Bertz CT molecular complexity index is 565. The predicted molar refractivity (Wildman–Crippen MR) is 76.0 cm³/mol. The average Bonchev–Trinajstić information content (AvgIpc) is 2.84. The molecule has 2 rings (SSSR count). The number of primary sulfonamides is 1. The molecular formula is C13H23N3O3S. The van der Waals surface area contributed by atoms with E-state index in [9.17, 15) is 8.42 Å². The van der Waals surface area contributed by atoms with E-state index in [1.807, 2.05) is 18.4 Å². The molecule has 1 aromatic heterocycles. The second-order valence-corrected chi connectivity index (χ2v) is 7.23. The quantitative estimate of drug-likeness (QED) is 0.918. The van der Waals surface area contributed by atoms with Crippen molar-refractivity contribution in [3.05, 3.63) is 12.0 Å². The van der Waals surface area contributed by atoms with Gasteiger partial charge in [0, 0.05) is 25.3 Å². The highest BCUT2D eigenvalue weighted by Gasteiger charge is 2.27. The maximum Gasteiger partial charge on any atom is 0.257 e. The molecule has 0 bridgehead atoms. The summed E-state index contributed by atoms with van der Waals surface area (Å²) in [5.41, 5.74) is 0. The lowest BCUT2D eigenvalue weighted by molar-refractivity contribution is 0.0524. The van der Waals surface area contributed by atoms with Crippen molar-refractivity contribution in [2.24, 2.45) is 5.14 Å². The van der Waals surface area contributed by atoms with Gasteiger partial charge in [-0.15, -0.1) is 0 Å². The normalized spacial score (nSPS) is 24.2. The van der Waals surface area contributed by atoms with Gasteiger partial charge >= 0.3 is 0 Å². The van der Waals surface area contributed by atoms with Gasteiger partial charge in [-0.2, -0.15) is 0 Å². The molecule has 0 spiro atoms. The smallest absolute Gasteiger partial charge is 0.257 e. The van der Waals surface area contributed by atoms with E-state index < -0.39 is 10.0 Å². The van der Waals surface area contributed by atoms with Crippen molar-refractivity contribution in [2.75, 3.05) is 7.11 Å². The standard InChI is InChI=1S/C13H23N3O3S/c1-9(2)13-15-12(20(14,17)18)8-16(13)10-5-4-6-11(7-10)19-3/h8-11H,4-7H2,1-3H3,(H2,14,17,18). The summed E-state index contributed by atoms with van der Waals surface area (Å²) in [6.45, 7) is 4.00. The molecule has 6 nitrogen and oxygen atoms in total. The van der Waals surface area contributed by atoms with Gasteiger partial charge in [0.1, 0.15) is 5.82 Å². The van der Waals surface area contributed by atoms with Crippen LogP contribution in [0.2, 0.25) is 0 Å². The molecule has 1 saturated carbocycles. The topological polar surface area (TPSA) is 87.2 Å². The second-order valence-electron chi connectivity index (χ2n) is 5.72. The summed E-state index contributed by atoms with van der Waals surface area (Å²) in [7, 11) is -2.04. The molecule has 0 amide bonds. The van der Waals surface area contributed by atoms with Gasteiger partial charge in [0.2, 0.25) is 0 Å². The number of rotatable bonds is 4. The SMILES string of the molecule is COC1CCCC(n2cc(S(N)(=O)=O)nc2C(C)C)C1. The van der Waals surface area contributed by atoms with Crippen molar-refractivity contribution in [1.29, 1.82) is 0 Å². The Morgan fingerprint density at radius 1 is 1.45 bits per heavy atom. The number of ether oxygens (including phenoxy) is 1. The number of methoxy groups -OCH3 is 1. The molecular weight excluding hydrogens is 278 g/mol. The van der Waals surface area contributed by atoms with Crippen LogP contribution in [0.5, 0.6) is 0 Å². The Morgan fingerprint density at radius 2 is 2.15 bits per heavy atom. The number of hydrogen-bond acceptors (Lipinski definition) is 4. The molecule has 0 saturated heterocycles. The molecule has 1 aromatic rings. The number of nitrogens with two attached hydrogens (primary N) is 1. The van der Waals surface area contributed by atoms with Gasteiger partial charge in [-0.3, -0.25) is 0 Å². The molecule has 2 N–H and O–H groups in total. The van der Waals surface area contributed by atoms with Crippen LogP contribution in [0.25, 0.3) is 0 Å². The van der Waals surface area contributed by atoms with Crippen LogP contribution in [-0.2, 0) is 14.8 Å². The van der Waals surface area contributed by atoms with Crippen LogP contribution in [-0.4, -0.2) is 31.2 Å². The summed E-state index contributed by atoms with van der Waals surface area (Å²) >= 11 is 0. The Kier molecular flexibility index (Phi) is 4.51. The first kappa shape index (κ1) is 15.5. The molecule has 1 aliphatic carbocycles. The van der Waals surface area contributed by atoms with Crippen molar-refractivity contribution in [3.8, 4) is 0 Å². The van der Waals surface area contributed by atoms with Gasteiger partial charge in [-0.1, -0.05) is 13.8 Å². The van der Waals surface area contributed by atoms with Crippen molar-refractivity contribution in [1.82, 2.24) is 9.55 Å². The van der Waals surface area contributed by atoms with E-state index in [0.29, 0.717) is 0 Å². The van der Waals surface area contributed by atoms with Crippen LogP contribution in [0.15, 0.2) is 11.2 Å². The Balaban J connectivity index is 2.37. The van der Waals surface area contributed by atoms with Gasteiger partial charge in [0.15, 0.2) is 5.03 Å². The van der Waals surface area contributed by atoms with Crippen molar-refractivity contribution >= 4 is 10.0 Å². The highest BCUT2D eigenvalue weighted by atomic mass is 32.2. The Morgan fingerprint density at radius 3 is 2.70 bits per heavy atom. The molecule has 20 heavy (non-hydrogen) atoms. The largest absolute Gasteiger partial charge is 0.381 e. The fourth-order valence-electron chi connectivity index (χ4n) is 2.83. The first-order chi connectivity index (χ1) is 9.32. The van der Waals surface area contributed by atoms with Crippen molar-refractivity contribution in [3.63, 3.8) is 0 Å². The fraction of sp³-hybridized carbons (Fsp3) is 0.769. The third kappa shape index (κ3) is 3.21. The summed E-state index contributed by atoms with van der Waals surface area (Å²) < 4.78 is 30.4. The van der Waals surface area contributed by atoms with Gasteiger partial charge in [0.25, 0.3) is 10.0 Å². The molecule has 114 valence electrons. The lowest BCUT2D eigenvalue weighted by Crippen LogP contribution is -2.25. The van der Waals surface area contributed by atoms with E-state index in [1.165, 1.54) is 0 Å². The number of nitrogens with zero attached hydrogens (tertiary/aromatic N) is 2. The summed E-state index contributed by atoms with van der Waals surface area (Å²) in [6, 6.07) is 0.231. The fourth-order valence-corrected chi connectivity index (χ4v) is 3.31. The third-order valence-corrected chi connectivity index (χ3v) is 4.65. The zero-order valence-corrected chi connectivity index (χ0v) is 13.1. The van der Waals surface area contributed by atoms with Crippen LogP contribution >= 0.6 is 0 Å². The summed E-state index contributed by atoms with van der Waals surface area (Å²) in [6.07, 6.45) is 5.84. The van der Waals surface area contributed by atoms with Crippen molar-refractivity contribution < 1.29 is 13.2 Å². The minimum Gasteiger partial charge on any atom is -0.381 e. The number of hydrogen-bond donors (Lipinski definition) is 1.